The van der Waals surface area contributed by atoms with Crippen LogP contribution in [-0.4, -0.2) is 41.5 Å². The van der Waals surface area contributed by atoms with Crippen molar-refractivity contribution in [2.75, 3.05) is 19.6 Å². The van der Waals surface area contributed by atoms with Gasteiger partial charge < -0.3 is 14.6 Å². The first-order valence-corrected chi connectivity index (χ1v) is 5.76. The number of hydrogen-bond donors (Lipinski definition) is 1. The molecule has 2 fully saturated rings. The summed E-state index contributed by atoms with van der Waals surface area (Å²) in [6, 6.07) is 0.339. The fourth-order valence-electron chi connectivity index (χ4n) is 2.78. The van der Waals surface area contributed by atoms with Crippen molar-refractivity contribution >= 4 is 5.91 Å². The van der Waals surface area contributed by atoms with Crippen LogP contribution < -0.4 is 5.32 Å². The van der Waals surface area contributed by atoms with E-state index in [-0.39, 0.29) is 5.91 Å². The Morgan fingerprint density at radius 1 is 1.56 bits per heavy atom. The first kappa shape index (κ1) is 9.84. The molecule has 2 aliphatic heterocycles. The summed E-state index contributed by atoms with van der Waals surface area (Å²) in [6.45, 7) is 2.83. The SMILES string of the molecule is O=C(c1cnco1)N1CCC2CCNCC21. The third-order valence-electron chi connectivity index (χ3n) is 3.63. The fourth-order valence-corrected chi connectivity index (χ4v) is 2.78. The summed E-state index contributed by atoms with van der Waals surface area (Å²) in [5, 5.41) is 3.35. The van der Waals surface area contributed by atoms with Crippen LogP contribution in [0.1, 0.15) is 23.4 Å². The Hall–Kier alpha value is -1.36. The predicted octanol–water partition coefficient (Wildman–Crippen LogP) is 0.499. The monoisotopic (exact) mass is 221 g/mol. The minimum absolute atomic E-state index is 0.0197. The van der Waals surface area contributed by atoms with Crippen molar-refractivity contribution in [1.82, 2.24) is 15.2 Å². The van der Waals surface area contributed by atoms with E-state index in [0.29, 0.717) is 17.7 Å². The van der Waals surface area contributed by atoms with E-state index in [1.165, 1.54) is 19.0 Å². The molecule has 2 saturated heterocycles. The zero-order chi connectivity index (χ0) is 11.0. The number of piperidine rings is 1. The number of amides is 1. The minimum atomic E-state index is -0.0197. The molecule has 16 heavy (non-hydrogen) atoms. The van der Waals surface area contributed by atoms with Crippen molar-refractivity contribution in [2.45, 2.75) is 18.9 Å². The first-order valence-electron chi connectivity index (χ1n) is 5.76. The Morgan fingerprint density at radius 2 is 2.50 bits per heavy atom. The topological polar surface area (TPSA) is 58.4 Å². The van der Waals surface area contributed by atoms with Gasteiger partial charge in [-0.1, -0.05) is 0 Å². The van der Waals surface area contributed by atoms with Crippen LogP contribution in [0, 0.1) is 5.92 Å². The van der Waals surface area contributed by atoms with Crippen molar-refractivity contribution < 1.29 is 9.21 Å². The van der Waals surface area contributed by atoms with Gasteiger partial charge in [-0.25, -0.2) is 4.98 Å². The molecule has 1 aromatic heterocycles. The van der Waals surface area contributed by atoms with Crippen LogP contribution in [0.15, 0.2) is 17.0 Å². The molecule has 2 unspecified atom stereocenters. The molecule has 0 aliphatic carbocycles. The number of carbonyl (C=O) groups excluding carboxylic acids is 1. The Labute approximate surface area is 93.8 Å². The lowest BCUT2D eigenvalue weighted by molar-refractivity contribution is 0.0670. The van der Waals surface area contributed by atoms with E-state index in [1.807, 2.05) is 4.90 Å². The Kier molecular flexibility index (Phi) is 2.40. The number of rotatable bonds is 1. The standard InChI is InChI=1S/C11H15N3O2/c15-11(10-6-13-7-16-10)14-4-2-8-1-3-12-5-9(8)14/h6-9,12H,1-5H2. The average Bonchev–Trinajstić information content (AvgIpc) is 2.98. The molecule has 2 atom stereocenters. The molecule has 3 rings (SSSR count). The van der Waals surface area contributed by atoms with E-state index in [2.05, 4.69) is 10.3 Å². The third kappa shape index (κ3) is 1.51. The van der Waals surface area contributed by atoms with Crippen molar-refractivity contribution in [3.63, 3.8) is 0 Å². The molecule has 0 bridgehead atoms. The van der Waals surface area contributed by atoms with Crippen molar-refractivity contribution in [3.8, 4) is 0 Å². The molecular formula is C11H15N3O2. The molecule has 0 radical (unpaired) electrons. The van der Waals surface area contributed by atoms with Gasteiger partial charge in [-0.05, 0) is 25.3 Å². The van der Waals surface area contributed by atoms with E-state index < -0.39 is 0 Å². The maximum Gasteiger partial charge on any atom is 0.291 e. The van der Waals surface area contributed by atoms with Crippen molar-refractivity contribution in [1.29, 1.82) is 0 Å². The van der Waals surface area contributed by atoms with Gasteiger partial charge in [0.2, 0.25) is 5.76 Å². The summed E-state index contributed by atoms with van der Waals surface area (Å²) in [6.07, 6.45) is 5.09. The smallest absolute Gasteiger partial charge is 0.291 e. The molecule has 5 heteroatoms. The van der Waals surface area contributed by atoms with Crippen molar-refractivity contribution in [2.24, 2.45) is 5.92 Å². The molecule has 1 amide bonds. The average molecular weight is 221 g/mol. The predicted molar refractivity (Wildman–Crippen MR) is 56.9 cm³/mol. The Bertz CT molecular complexity index is 377. The minimum Gasteiger partial charge on any atom is -0.438 e. The summed E-state index contributed by atoms with van der Waals surface area (Å²) in [7, 11) is 0. The number of fused-ring (bicyclic) bond motifs is 1. The first-order chi connectivity index (χ1) is 7.86. The molecule has 0 spiro atoms. The third-order valence-corrected chi connectivity index (χ3v) is 3.63. The van der Waals surface area contributed by atoms with E-state index >= 15 is 0 Å². The number of nitrogens with one attached hydrogen (secondary N) is 1. The molecule has 0 aromatic carbocycles. The highest BCUT2D eigenvalue weighted by Gasteiger charge is 2.39. The zero-order valence-corrected chi connectivity index (χ0v) is 9.06. The molecule has 1 N–H and O–H groups in total. The van der Waals surface area contributed by atoms with Gasteiger partial charge in [0.1, 0.15) is 0 Å². The van der Waals surface area contributed by atoms with Crippen LogP contribution in [0.4, 0.5) is 0 Å². The van der Waals surface area contributed by atoms with E-state index in [4.69, 9.17) is 4.42 Å². The summed E-state index contributed by atoms with van der Waals surface area (Å²) in [5.41, 5.74) is 0. The van der Waals surface area contributed by atoms with Crippen LogP contribution in [0.2, 0.25) is 0 Å². The Balaban J connectivity index is 1.78. The van der Waals surface area contributed by atoms with Crippen LogP contribution >= 0.6 is 0 Å². The fraction of sp³-hybridized carbons (Fsp3) is 0.636. The van der Waals surface area contributed by atoms with Gasteiger partial charge in [-0.2, -0.15) is 0 Å². The maximum atomic E-state index is 12.1. The van der Waals surface area contributed by atoms with Crippen LogP contribution in [0.3, 0.4) is 0 Å². The lowest BCUT2D eigenvalue weighted by Crippen LogP contribution is -2.47. The number of carbonyl (C=O) groups is 1. The molecule has 86 valence electrons. The van der Waals surface area contributed by atoms with Gasteiger partial charge in [0.15, 0.2) is 6.39 Å². The summed E-state index contributed by atoms with van der Waals surface area (Å²) < 4.78 is 5.06. The van der Waals surface area contributed by atoms with Crippen molar-refractivity contribution in [3.05, 3.63) is 18.4 Å². The lowest BCUT2D eigenvalue weighted by Gasteiger charge is -2.31. The highest BCUT2D eigenvalue weighted by molar-refractivity contribution is 5.91. The zero-order valence-electron chi connectivity index (χ0n) is 9.06. The van der Waals surface area contributed by atoms with Gasteiger partial charge in [-0.3, -0.25) is 4.79 Å². The number of hydrogen-bond acceptors (Lipinski definition) is 4. The maximum absolute atomic E-state index is 12.1. The van der Waals surface area contributed by atoms with E-state index in [9.17, 15) is 4.79 Å². The lowest BCUT2D eigenvalue weighted by atomic mass is 9.93. The largest absolute Gasteiger partial charge is 0.438 e. The van der Waals surface area contributed by atoms with Gasteiger partial charge >= 0.3 is 0 Å². The van der Waals surface area contributed by atoms with Crippen LogP contribution in [-0.2, 0) is 0 Å². The van der Waals surface area contributed by atoms with E-state index in [1.54, 1.807) is 0 Å². The summed E-state index contributed by atoms with van der Waals surface area (Å²) in [4.78, 5) is 17.8. The molecule has 0 saturated carbocycles. The molecule has 1 aromatic rings. The summed E-state index contributed by atoms with van der Waals surface area (Å²) in [5.74, 6) is 0.994. The van der Waals surface area contributed by atoms with E-state index in [0.717, 1.165) is 26.1 Å². The highest BCUT2D eigenvalue weighted by Crippen LogP contribution is 2.29. The Morgan fingerprint density at radius 3 is 3.31 bits per heavy atom. The highest BCUT2D eigenvalue weighted by atomic mass is 16.3. The number of aromatic nitrogens is 1. The van der Waals surface area contributed by atoms with Gasteiger partial charge in [0.05, 0.1) is 6.20 Å². The second-order valence-corrected chi connectivity index (χ2v) is 4.47. The molecular weight excluding hydrogens is 206 g/mol. The van der Waals surface area contributed by atoms with Crippen LogP contribution in [0.25, 0.3) is 0 Å². The normalized spacial score (nSPS) is 29.1. The van der Waals surface area contributed by atoms with Gasteiger partial charge in [-0.15, -0.1) is 0 Å². The molecule has 5 nitrogen and oxygen atoms in total. The second kappa shape index (κ2) is 3.90. The van der Waals surface area contributed by atoms with Crippen LogP contribution in [0.5, 0.6) is 0 Å². The number of oxazole rings is 1. The quantitative estimate of drug-likeness (QED) is 0.750. The second-order valence-electron chi connectivity index (χ2n) is 4.47. The number of nitrogens with zero attached hydrogens (tertiary/aromatic N) is 2. The summed E-state index contributed by atoms with van der Waals surface area (Å²) >= 11 is 0. The van der Waals surface area contributed by atoms with Gasteiger partial charge in [0.25, 0.3) is 5.91 Å². The number of likely N-dealkylation sites (tertiary alicyclic amines) is 1. The molecule has 3 heterocycles. The van der Waals surface area contributed by atoms with Gasteiger partial charge in [0, 0.05) is 19.1 Å². The molecule has 2 aliphatic rings.